The lowest BCUT2D eigenvalue weighted by atomic mass is 10.3. The Morgan fingerprint density at radius 2 is 1.79 bits per heavy atom. The Kier molecular flexibility index (Phi) is 8.15. The van der Waals surface area contributed by atoms with Crippen molar-refractivity contribution in [1.82, 2.24) is 15.2 Å². The van der Waals surface area contributed by atoms with Gasteiger partial charge in [-0.3, -0.25) is 19.3 Å². The van der Waals surface area contributed by atoms with E-state index >= 15 is 0 Å². The molecule has 1 amide bonds. The maximum absolute atomic E-state index is 11.9. The lowest BCUT2D eigenvalue weighted by Gasteiger charge is -2.19. The molecule has 1 aromatic heterocycles. The maximum Gasteiger partial charge on any atom is 0.327 e. The summed E-state index contributed by atoms with van der Waals surface area (Å²) in [6.45, 7) is -1.83. The van der Waals surface area contributed by atoms with Crippen LogP contribution in [0.5, 0.6) is 0 Å². The summed E-state index contributed by atoms with van der Waals surface area (Å²) in [5.74, 6) is -4.58. The van der Waals surface area contributed by atoms with Crippen LogP contribution >= 0.6 is 23.1 Å². The summed E-state index contributed by atoms with van der Waals surface area (Å²) in [7, 11) is 0. The number of carboxylic acids is 3. The van der Waals surface area contributed by atoms with Crippen LogP contribution in [0.3, 0.4) is 0 Å². The molecule has 1 atom stereocenters. The number of hydrogen-bond donors (Lipinski definition) is 4. The number of nitrogens with one attached hydrogen (secondary N) is 1. The number of carboxylic acid groups (broad SMARTS) is 3. The number of carbonyl (C=O) groups excluding carboxylic acids is 1. The van der Waals surface area contributed by atoms with Gasteiger partial charge in [0.2, 0.25) is 5.91 Å². The highest BCUT2D eigenvalue weighted by atomic mass is 32.2. The molecule has 0 aliphatic rings. The summed E-state index contributed by atoms with van der Waals surface area (Å²) in [6, 6.07) is -1.21. The van der Waals surface area contributed by atoms with E-state index in [1.54, 1.807) is 11.6 Å². The first-order chi connectivity index (χ1) is 11.3. The predicted octanol–water partition coefficient (Wildman–Crippen LogP) is -0.724. The average molecular weight is 377 g/mol. The van der Waals surface area contributed by atoms with Crippen molar-refractivity contribution in [3.05, 3.63) is 11.6 Å². The van der Waals surface area contributed by atoms with Crippen molar-refractivity contribution in [2.24, 2.45) is 0 Å². The Balaban J connectivity index is 2.57. The summed E-state index contributed by atoms with van der Waals surface area (Å²) in [6.07, 6.45) is 1.57. The molecule has 0 bridgehead atoms. The van der Waals surface area contributed by atoms with Gasteiger partial charge < -0.3 is 20.6 Å². The fraction of sp³-hybridized carbons (Fsp3) is 0.417. The van der Waals surface area contributed by atoms with E-state index < -0.39 is 49.5 Å². The number of thioether (sulfide) groups is 1. The molecule has 0 fully saturated rings. The van der Waals surface area contributed by atoms with Crippen molar-refractivity contribution in [3.63, 3.8) is 0 Å². The van der Waals surface area contributed by atoms with Gasteiger partial charge in [0.25, 0.3) is 0 Å². The average Bonchev–Trinajstić information content (AvgIpc) is 2.94. The molecular formula is C12H15N3O7S2. The third-order valence-electron chi connectivity index (χ3n) is 2.50. The van der Waals surface area contributed by atoms with Crippen molar-refractivity contribution in [3.8, 4) is 0 Å². The van der Waals surface area contributed by atoms with Crippen molar-refractivity contribution in [2.45, 2.75) is 10.4 Å². The first-order valence-corrected chi connectivity index (χ1v) is 8.35. The second-order valence-corrected chi connectivity index (χ2v) is 6.66. The fourth-order valence-electron chi connectivity index (χ4n) is 1.60. The molecule has 1 aromatic rings. The highest BCUT2D eigenvalue weighted by Gasteiger charge is 2.23. The Morgan fingerprint density at radius 3 is 2.25 bits per heavy atom. The zero-order chi connectivity index (χ0) is 18.1. The molecule has 24 heavy (non-hydrogen) atoms. The van der Waals surface area contributed by atoms with Gasteiger partial charge in [-0.15, -0.1) is 11.3 Å². The molecule has 0 aliphatic carbocycles. The van der Waals surface area contributed by atoms with Crippen molar-refractivity contribution < 1.29 is 34.5 Å². The number of amides is 1. The second-order valence-electron chi connectivity index (χ2n) is 4.50. The molecule has 12 heteroatoms. The maximum atomic E-state index is 11.9. The van der Waals surface area contributed by atoms with E-state index in [0.717, 1.165) is 16.7 Å². The summed E-state index contributed by atoms with van der Waals surface area (Å²) in [4.78, 5) is 49.3. The van der Waals surface area contributed by atoms with Crippen LogP contribution in [0.1, 0.15) is 0 Å². The predicted molar refractivity (Wildman–Crippen MR) is 84.1 cm³/mol. The molecule has 4 N–H and O–H groups in total. The van der Waals surface area contributed by atoms with Crippen LogP contribution in [0.25, 0.3) is 0 Å². The number of rotatable bonds is 11. The van der Waals surface area contributed by atoms with Crippen LogP contribution in [0.4, 0.5) is 0 Å². The molecule has 1 unspecified atom stereocenters. The second kappa shape index (κ2) is 9.85. The summed E-state index contributed by atoms with van der Waals surface area (Å²) in [5.41, 5.74) is 0. The summed E-state index contributed by atoms with van der Waals surface area (Å²) < 4.78 is 0.647. The minimum Gasteiger partial charge on any atom is -0.480 e. The lowest BCUT2D eigenvalue weighted by Crippen LogP contribution is -2.48. The van der Waals surface area contributed by atoms with E-state index in [2.05, 4.69) is 10.3 Å². The third-order valence-corrected chi connectivity index (χ3v) is 4.56. The van der Waals surface area contributed by atoms with Crippen LogP contribution in [0, 0.1) is 0 Å². The van der Waals surface area contributed by atoms with Gasteiger partial charge in [-0.1, -0.05) is 11.8 Å². The normalized spacial score (nSPS) is 11.9. The van der Waals surface area contributed by atoms with Crippen LogP contribution in [-0.2, 0) is 19.2 Å². The van der Waals surface area contributed by atoms with Gasteiger partial charge in [0.1, 0.15) is 10.4 Å². The van der Waals surface area contributed by atoms with Crippen molar-refractivity contribution >= 4 is 46.9 Å². The van der Waals surface area contributed by atoms with Gasteiger partial charge in [-0.2, -0.15) is 0 Å². The molecule has 0 saturated heterocycles. The summed E-state index contributed by atoms with van der Waals surface area (Å²) in [5, 5.41) is 30.5. The fourth-order valence-corrected chi connectivity index (χ4v) is 3.28. The van der Waals surface area contributed by atoms with Crippen molar-refractivity contribution in [2.75, 3.05) is 25.4 Å². The van der Waals surface area contributed by atoms with Gasteiger partial charge in [0.15, 0.2) is 0 Å². The standard InChI is InChI=1S/C12H15N3O7S2/c16-8(3-15(4-9(17)18)5-10(19)20)14-7(11(21)22)6-24-12-13-1-2-23-12/h1-2,7H,3-6H2,(H,14,16)(H,17,18)(H,19,20)(H,21,22). The molecule has 0 aliphatic heterocycles. The molecule has 132 valence electrons. The van der Waals surface area contributed by atoms with E-state index in [9.17, 15) is 19.2 Å². The number of aliphatic carboxylic acids is 3. The Morgan fingerprint density at radius 1 is 1.17 bits per heavy atom. The Bertz CT molecular complexity index is 577. The molecular weight excluding hydrogens is 362 g/mol. The van der Waals surface area contributed by atoms with Crippen LogP contribution in [0.2, 0.25) is 0 Å². The van der Waals surface area contributed by atoms with E-state index in [4.69, 9.17) is 15.3 Å². The highest BCUT2D eigenvalue weighted by molar-refractivity contribution is 8.01. The quantitative estimate of drug-likeness (QED) is 0.363. The zero-order valence-electron chi connectivity index (χ0n) is 12.2. The largest absolute Gasteiger partial charge is 0.480 e. The number of nitrogens with zero attached hydrogens (tertiary/aromatic N) is 2. The smallest absolute Gasteiger partial charge is 0.327 e. The number of hydrogen-bond acceptors (Lipinski definition) is 8. The zero-order valence-corrected chi connectivity index (χ0v) is 13.9. The molecule has 0 aromatic carbocycles. The molecule has 1 heterocycles. The number of carbonyl (C=O) groups is 4. The molecule has 0 saturated carbocycles. The van der Waals surface area contributed by atoms with Gasteiger partial charge in [0.05, 0.1) is 19.6 Å². The Hall–Kier alpha value is -2.18. The SMILES string of the molecule is O=C(O)CN(CC(=O)O)CC(=O)NC(CSc1nccs1)C(=O)O. The van der Waals surface area contributed by atoms with E-state index in [1.165, 1.54) is 11.3 Å². The highest BCUT2D eigenvalue weighted by Crippen LogP contribution is 2.20. The Labute approximate surface area is 144 Å². The first kappa shape index (κ1) is 19.9. The van der Waals surface area contributed by atoms with Crippen molar-refractivity contribution in [1.29, 1.82) is 0 Å². The molecule has 0 radical (unpaired) electrons. The summed E-state index contributed by atoms with van der Waals surface area (Å²) >= 11 is 2.48. The van der Waals surface area contributed by atoms with Gasteiger partial charge in [-0.05, 0) is 0 Å². The molecule has 0 spiro atoms. The van der Waals surface area contributed by atoms with Gasteiger partial charge in [0, 0.05) is 17.3 Å². The molecule has 1 rings (SSSR count). The number of thiazole rings is 1. The van der Waals surface area contributed by atoms with Gasteiger partial charge in [-0.25, -0.2) is 9.78 Å². The first-order valence-electron chi connectivity index (χ1n) is 6.48. The molecule has 10 nitrogen and oxygen atoms in total. The minimum atomic E-state index is -1.29. The van der Waals surface area contributed by atoms with E-state index in [1.807, 2.05) is 0 Å². The number of aromatic nitrogens is 1. The topological polar surface area (TPSA) is 157 Å². The van der Waals surface area contributed by atoms with Crippen LogP contribution < -0.4 is 5.32 Å². The third kappa shape index (κ3) is 7.89. The van der Waals surface area contributed by atoms with E-state index in [-0.39, 0.29) is 5.75 Å². The van der Waals surface area contributed by atoms with Crippen LogP contribution in [0.15, 0.2) is 15.9 Å². The monoisotopic (exact) mass is 377 g/mol. The van der Waals surface area contributed by atoms with Gasteiger partial charge >= 0.3 is 17.9 Å². The minimum absolute atomic E-state index is 0.0342. The van der Waals surface area contributed by atoms with Crippen LogP contribution in [-0.4, -0.2) is 80.4 Å². The van der Waals surface area contributed by atoms with E-state index in [0.29, 0.717) is 4.34 Å². The lowest BCUT2D eigenvalue weighted by molar-refractivity contribution is -0.144.